The minimum atomic E-state index is -1.06. The molecule has 0 unspecified atom stereocenters. The first kappa shape index (κ1) is 47.0. The smallest absolute Gasteiger partial charge is 0.338 e. The predicted octanol–water partition coefficient (Wildman–Crippen LogP) is 6.87. The Balaban J connectivity index is 0.000000317. The lowest BCUT2D eigenvalue weighted by Gasteiger charge is -2.19. The summed E-state index contributed by atoms with van der Waals surface area (Å²) in [6.07, 6.45) is 0. The molecule has 4 aromatic rings. The lowest BCUT2D eigenvalue weighted by atomic mass is 9.92. The molecule has 0 radical (unpaired) electrons. The average molecular weight is 810 g/mol. The molecule has 0 spiro atoms. The Labute approximate surface area is 345 Å². The van der Waals surface area contributed by atoms with Gasteiger partial charge in [0.2, 0.25) is 0 Å². The minimum absolute atomic E-state index is 0.0742. The first-order valence-electron chi connectivity index (χ1n) is 19.0. The van der Waals surface area contributed by atoms with Crippen LogP contribution >= 0.6 is 0 Å². The first-order valence-corrected chi connectivity index (χ1v) is 19.0. The molecule has 4 aromatic carbocycles. The van der Waals surface area contributed by atoms with Crippen LogP contribution in [0.15, 0.2) is 72.8 Å². The Morgan fingerprint density at radius 2 is 0.881 bits per heavy atom. The van der Waals surface area contributed by atoms with Crippen LogP contribution in [0.4, 0.5) is 0 Å². The van der Waals surface area contributed by atoms with Gasteiger partial charge in [-0.05, 0) is 107 Å². The van der Waals surface area contributed by atoms with Crippen LogP contribution in [0.1, 0.15) is 115 Å². The van der Waals surface area contributed by atoms with Crippen molar-refractivity contribution in [2.75, 3.05) is 40.5 Å². The largest absolute Gasteiger partial charge is 0.478 e. The maximum atomic E-state index is 12.6. The third kappa shape index (κ3) is 13.4. The molecular formula is C46H55N3O10. The predicted molar refractivity (Wildman–Crippen MR) is 226 cm³/mol. The van der Waals surface area contributed by atoms with E-state index in [-0.39, 0.29) is 58.4 Å². The van der Waals surface area contributed by atoms with Gasteiger partial charge < -0.3 is 35.6 Å². The maximum absolute atomic E-state index is 12.6. The topological polar surface area (TPSA) is 197 Å². The van der Waals surface area contributed by atoms with Gasteiger partial charge in [0.1, 0.15) is 0 Å². The molecule has 0 atom stereocenters. The van der Waals surface area contributed by atoms with Crippen molar-refractivity contribution in [3.63, 3.8) is 0 Å². The second kappa shape index (κ2) is 20.4. The van der Waals surface area contributed by atoms with Crippen molar-refractivity contribution in [1.29, 1.82) is 0 Å². The Bertz CT molecular complexity index is 2210. The second-order valence-electron chi connectivity index (χ2n) is 16.3. The van der Waals surface area contributed by atoms with Gasteiger partial charge in [0, 0.05) is 36.3 Å². The maximum Gasteiger partial charge on any atom is 0.338 e. The van der Waals surface area contributed by atoms with Crippen molar-refractivity contribution in [2.45, 2.75) is 55.4 Å². The number of aryl methyl sites for hydroxylation is 2. The number of amides is 3. The highest BCUT2D eigenvalue weighted by Gasteiger charge is 2.22. The van der Waals surface area contributed by atoms with Gasteiger partial charge in [0.15, 0.2) is 0 Å². The second-order valence-corrected chi connectivity index (χ2v) is 16.3. The fourth-order valence-corrected chi connectivity index (χ4v) is 5.66. The molecule has 0 saturated carbocycles. The van der Waals surface area contributed by atoms with Gasteiger partial charge in [-0.25, -0.2) is 14.4 Å². The van der Waals surface area contributed by atoms with E-state index in [0.717, 1.165) is 11.1 Å². The third-order valence-corrected chi connectivity index (χ3v) is 8.89. The summed E-state index contributed by atoms with van der Waals surface area (Å²) in [7, 11) is 2.54. The molecule has 13 nitrogen and oxygen atoms in total. The minimum Gasteiger partial charge on any atom is -0.478 e. The number of methoxy groups -OCH3 is 2. The zero-order chi connectivity index (χ0) is 44.2. The third-order valence-electron chi connectivity index (χ3n) is 8.89. The van der Waals surface area contributed by atoms with Crippen molar-refractivity contribution in [2.24, 2.45) is 10.8 Å². The van der Waals surface area contributed by atoms with Crippen LogP contribution in [0, 0.1) is 24.7 Å². The summed E-state index contributed by atoms with van der Waals surface area (Å²) < 4.78 is 9.82. The number of aliphatic hydroxyl groups excluding tert-OH is 1. The van der Waals surface area contributed by atoms with Gasteiger partial charge in [-0.1, -0.05) is 65.8 Å². The lowest BCUT2D eigenvalue weighted by molar-refractivity contribution is 0.0592. The molecule has 3 amide bonds. The number of aromatic carboxylic acids is 1. The van der Waals surface area contributed by atoms with Gasteiger partial charge in [-0.2, -0.15) is 0 Å². The average Bonchev–Trinajstić information content (AvgIpc) is 3.19. The summed E-state index contributed by atoms with van der Waals surface area (Å²) in [6, 6.07) is 19.4. The number of carboxylic acid groups (broad SMARTS) is 1. The Morgan fingerprint density at radius 1 is 0.525 bits per heavy atom. The first-order chi connectivity index (χ1) is 27.6. The Hall–Kier alpha value is -6.34. The number of carbonyl (C=O) groups excluding carboxylic acids is 5. The molecule has 0 fully saturated rings. The molecule has 0 aliphatic carbocycles. The highest BCUT2D eigenvalue weighted by molar-refractivity contribution is 6.04. The van der Waals surface area contributed by atoms with E-state index in [4.69, 9.17) is 14.6 Å². The quantitative estimate of drug-likeness (QED) is 0.0942. The van der Waals surface area contributed by atoms with E-state index >= 15 is 0 Å². The van der Waals surface area contributed by atoms with Gasteiger partial charge in [0.05, 0.1) is 37.5 Å². The zero-order valence-corrected chi connectivity index (χ0v) is 35.4. The summed E-state index contributed by atoms with van der Waals surface area (Å²) in [6.45, 7) is 16.7. The van der Waals surface area contributed by atoms with E-state index in [9.17, 15) is 33.9 Å². The number of carboxylic acids is 1. The number of aliphatic hydroxyl groups is 1. The Morgan fingerprint density at radius 3 is 1.25 bits per heavy atom. The summed E-state index contributed by atoms with van der Waals surface area (Å²) >= 11 is 0. The van der Waals surface area contributed by atoms with Crippen LogP contribution in [0.25, 0.3) is 22.3 Å². The van der Waals surface area contributed by atoms with Crippen LogP contribution in [0.3, 0.4) is 0 Å². The van der Waals surface area contributed by atoms with Gasteiger partial charge in [0.25, 0.3) is 17.7 Å². The van der Waals surface area contributed by atoms with Crippen molar-refractivity contribution in [1.82, 2.24) is 16.0 Å². The van der Waals surface area contributed by atoms with E-state index in [2.05, 4.69) is 16.0 Å². The van der Waals surface area contributed by atoms with E-state index in [1.54, 1.807) is 48.5 Å². The highest BCUT2D eigenvalue weighted by atomic mass is 16.5. The van der Waals surface area contributed by atoms with Crippen molar-refractivity contribution in [3.8, 4) is 22.3 Å². The fraction of sp³-hybridized carbons (Fsp3) is 0.348. The molecule has 0 aromatic heterocycles. The molecule has 4 rings (SSSR count). The Kier molecular flexibility index (Phi) is 16.2. The summed E-state index contributed by atoms with van der Waals surface area (Å²) in [5.41, 5.74) is 5.51. The fourth-order valence-electron chi connectivity index (χ4n) is 5.66. The molecule has 59 heavy (non-hydrogen) atoms. The van der Waals surface area contributed by atoms with Crippen LogP contribution in [0.2, 0.25) is 0 Å². The van der Waals surface area contributed by atoms with E-state index in [1.807, 2.05) is 55.4 Å². The number of benzene rings is 4. The molecule has 0 aliphatic rings. The molecule has 0 saturated heterocycles. The summed E-state index contributed by atoms with van der Waals surface area (Å²) in [5.74, 6) is -3.12. The van der Waals surface area contributed by atoms with Crippen molar-refractivity contribution in [3.05, 3.63) is 117 Å². The van der Waals surface area contributed by atoms with Crippen LogP contribution < -0.4 is 16.0 Å². The number of ether oxygens (including phenoxy) is 2. The van der Waals surface area contributed by atoms with Crippen LogP contribution in [-0.2, 0) is 9.47 Å². The summed E-state index contributed by atoms with van der Waals surface area (Å²) in [5, 5.41) is 26.5. The van der Waals surface area contributed by atoms with E-state index in [0.29, 0.717) is 52.0 Å². The number of carbonyl (C=O) groups is 6. The zero-order valence-electron chi connectivity index (χ0n) is 35.4. The van der Waals surface area contributed by atoms with Crippen LogP contribution in [-0.4, -0.2) is 86.3 Å². The molecule has 314 valence electrons. The summed E-state index contributed by atoms with van der Waals surface area (Å²) in [4.78, 5) is 73.5. The number of nitrogens with one attached hydrogen (secondary N) is 3. The number of rotatable bonds is 12. The van der Waals surface area contributed by atoms with Gasteiger partial charge in [-0.3, -0.25) is 14.4 Å². The van der Waals surface area contributed by atoms with Crippen LogP contribution in [0.5, 0.6) is 0 Å². The number of hydrogen-bond donors (Lipinski definition) is 5. The van der Waals surface area contributed by atoms with Crippen molar-refractivity contribution < 1.29 is 48.5 Å². The number of hydrogen-bond acceptors (Lipinski definition) is 9. The molecule has 0 bridgehead atoms. The van der Waals surface area contributed by atoms with Crippen molar-refractivity contribution >= 4 is 35.6 Å². The van der Waals surface area contributed by atoms with Gasteiger partial charge >= 0.3 is 17.9 Å². The molecule has 0 heterocycles. The monoisotopic (exact) mass is 809 g/mol. The molecule has 13 heteroatoms. The standard InChI is InChI=1S/C24H30N2O5.C22H25NO5/c1-15-6-7-16(21(28)25-10-11-27)12-19(15)18-9-8-17(13-20(18)23(30)31-5)22(29)26-14-24(2,3)4;1-13-6-7-15(20(25)26)11-17(13)16-9-8-14(10-18(16)21(27)28-5)19(24)23-12-22(2,3)4/h6-9,12-13,27H,10-11,14H2,1-5H3,(H,25,28)(H,26,29);6-11H,12H2,1-5H3,(H,23,24)(H,25,26). The van der Waals surface area contributed by atoms with E-state index in [1.165, 1.54) is 38.5 Å². The molecule has 5 N–H and O–H groups in total. The number of esters is 2. The molecular weight excluding hydrogens is 755 g/mol. The molecule has 0 aliphatic heterocycles. The van der Waals surface area contributed by atoms with E-state index < -0.39 is 17.9 Å². The lowest BCUT2D eigenvalue weighted by Crippen LogP contribution is -2.32. The highest BCUT2D eigenvalue weighted by Crippen LogP contribution is 2.31. The van der Waals surface area contributed by atoms with Gasteiger partial charge in [-0.15, -0.1) is 0 Å². The SMILES string of the molecule is COC(=O)c1cc(C(=O)NCC(C)(C)C)ccc1-c1cc(C(=O)NCCO)ccc1C.COC(=O)c1cc(C(=O)NCC(C)(C)C)ccc1-c1cc(C(=O)O)ccc1C. The normalized spacial score (nSPS) is 11.0.